The summed E-state index contributed by atoms with van der Waals surface area (Å²) >= 11 is 0. The number of sulfonamides is 1. The summed E-state index contributed by atoms with van der Waals surface area (Å²) in [6.07, 6.45) is 2.80. The zero-order valence-corrected chi connectivity index (χ0v) is 24.3. The Balaban J connectivity index is 1.67. The molecule has 1 heterocycles. The van der Waals surface area contributed by atoms with Crippen molar-refractivity contribution in [1.29, 1.82) is 0 Å². The van der Waals surface area contributed by atoms with Gasteiger partial charge in [-0.05, 0) is 41.7 Å². The zero-order valence-electron chi connectivity index (χ0n) is 23.4. The normalized spacial score (nSPS) is 15.8. The van der Waals surface area contributed by atoms with Gasteiger partial charge in [-0.1, -0.05) is 72.8 Å². The maximum atomic E-state index is 14.1. The summed E-state index contributed by atoms with van der Waals surface area (Å²) in [5.41, 5.74) is 2.13. The van der Waals surface area contributed by atoms with Crippen LogP contribution in [0.2, 0.25) is 0 Å². The van der Waals surface area contributed by atoms with Crippen molar-refractivity contribution in [2.75, 3.05) is 33.1 Å². The molecule has 2 amide bonds. The number of benzene rings is 3. The van der Waals surface area contributed by atoms with Gasteiger partial charge >= 0.3 is 0 Å². The molecule has 0 saturated carbocycles. The van der Waals surface area contributed by atoms with E-state index in [4.69, 9.17) is 9.47 Å². The van der Waals surface area contributed by atoms with Gasteiger partial charge in [-0.3, -0.25) is 9.59 Å². The SMILES string of the molecule is COc1ccc(CN(C(=O)CN(Cc2ccccc2)S(C)(=O)=O)[C@@H](C(=O)NC[C@@H]2CCCO2)c2ccccc2)cc1. The molecule has 0 unspecified atom stereocenters. The van der Waals surface area contributed by atoms with Crippen molar-refractivity contribution in [1.82, 2.24) is 14.5 Å². The predicted molar refractivity (Wildman–Crippen MR) is 156 cm³/mol. The summed E-state index contributed by atoms with van der Waals surface area (Å²) in [4.78, 5) is 29.3. The number of rotatable bonds is 13. The van der Waals surface area contributed by atoms with Crippen LogP contribution in [0.15, 0.2) is 84.9 Å². The molecule has 0 spiro atoms. The quantitative estimate of drug-likeness (QED) is 0.332. The molecule has 1 aliphatic heterocycles. The number of carbonyl (C=O) groups excluding carboxylic acids is 2. The highest BCUT2D eigenvalue weighted by atomic mass is 32.2. The van der Waals surface area contributed by atoms with Crippen LogP contribution in [0.25, 0.3) is 0 Å². The average Bonchev–Trinajstić information content (AvgIpc) is 3.50. The topological polar surface area (TPSA) is 105 Å². The molecule has 4 rings (SSSR count). The van der Waals surface area contributed by atoms with E-state index in [2.05, 4.69) is 5.32 Å². The third kappa shape index (κ3) is 8.63. The summed E-state index contributed by atoms with van der Waals surface area (Å²) in [6, 6.07) is 24.4. The molecule has 1 N–H and O–H groups in total. The lowest BCUT2D eigenvalue weighted by molar-refractivity contribution is -0.142. The van der Waals surface area contributed by atoms with Crippen molar-refractivity contribution in [3.8, 4) is 5.75 Å². The summed E-state index contributed by atoms with van der Waals surface area (Å²) < 4.78 is 37.7. The lowest BCUT2D eigenvalue weighted by Crippen LogP contribution is -2.48. The van der Waals surface area contributed by atoms with E-state index in [1.54, 1.807) is 31.4 Å². The van der Waals surface area contributed by atoms with Gasteiger partial charge in [0.2, 0.25) is 21.8 Å². The van der Waals surface area contributed by atoms with E-state index >= 15 is 0 Å². The summed E-state index contributed by atoms with van der Waals surface area (Å²) in [5, 5.41) is 2.98. The van der Waals surface area contributed by atoms with Gasteiger partial charge in [0.05, 0.1) is 26.0 Å². The average molecular weight is 580 g/mol. The Morgan fingerprint density at radius 1 is 0.951 bits per heavy atom. The van der Waals surface area contributed by atoms with Crippen molar-refractivity contribution in [2.24, 2.45) is 0 Å². The molecule has 10 heteroatoms. The van der Waals surface area contributed by atoms with E-state index in [9.17, 15) is 18.0 Å². The second kappa shape index (κ2) is 14.2. The van der Waals surface area contributed by atoms with Crippen LogP contribution in [0, 0.1) is 0 Å². The van der Waals surface area contributed by atoms with E-state index in [1.165, 1.54) is 4.90 Å². The number of hydrogen-bond donors (Lipinski definition) is 1. The van der Waals surface area contributed by atoms with E-state index in [1.807, 2.05) is 60.7 Å². The smallest absolute Gasteiger partial charge is 0.247 e. The Morgan fingerprint density at radius 3 is 2.17 bits per heavy atom. The van der Waals surface area contributed by atoms with Gasteiger partial charge in [0, 0.05) is 26.2 Å². The molecular formula is C31H37N3O6S. The first kappa shape index (κ1) is 30.2. The maximum Gasteiger partial charge on any atom is 0.247 e. The molecule has 41 heavy (non-hydrogen) atoms. The highest BCUT2D eigenvalue weighted by Crippen LogP contribution is 2.26. The highest BCUT2D eigenvalue weighted by Gasteiger charge is 2.34. The number of ether oxygens (including phenoxy) is 2. The molecule has 9 nitrogen and oxygen atoms in total. The van der Waals surface area contributed by atoms with Gasteiger partial charge in [0.1, 0.15) is 11.8 Å². The maximum absolute atomic E-state index is 14.1. The van der Waals surface area contributed by atoms with Crippen LogP contribution in [0.3, 0.4) is 0 Å². The minimum absolute atomic E-state index is 0.0308. The minimum Gasteiger partial charge on any atom is -0.497 e. The Bertz CT molecular complexity index is 1380. The van der Waals surface area contributed by atoms with Crippen LogP contribution in [-0.2, 0) is 37.4 Å². The fourth-order valence-electron chi connectivity index (χ4n) is 4.79. The number of nitrogens with zero attached hydrogens (tertiary/aromatic N) is 2. The van der Waals surface area contributed by atoms with Gasteiger partial charge in [-0.2, -0.15) is 4.31 Å². The van der Waals surface area contributed by atoms with E-state index in [0.717, 1.165) is 34.5 Å². The Morgan fingerprint density at radius 2 is 1.59 bits per heavy atom. The fraction of sp³-hybridized carbons (Fsp3) is 0.355. The van der Waals surface area contributed by atoms with Crippen molar-refractivity contribution in [3.63, 3.8) is 0 Å². The number of carbonyl (C=O) groups is 2. The molecule has 218 valence electrons. The molecule has 3 aromatic rings. The summed E-state index contributed by atoms with van der Waals surface area (Å²) in [5.74, 6) is -0.197. The first-order chi connectivity index (χ1) is 19.7. The Hall–Kier alpha value is -3.73. The molecule has 1 fully saturated rings. The number of nitrogens with one attached hydrogen (secondary N) is 1. The van der Waals surface area contributed by atoms with E-state index < -0.39 is 28.5 Å². The summed E-state index contributed by atoms with van der Waals surface area (Å²) in [7, 11) is -2.18. The number of amides is 2. The van der Waals surface area contributed by atoms with Gasteiger partial charge in [0.25, 0.3) is 0 Å². The minimum atomic E-state index is -3.75. The van der Waals surface area contributed by atoms with Crippen molar-refractivity contribution in [3.05, 3.63) is 102 Å². The largest absolute Gasteiger partial charge is 0.497 e. The molecule has 0 aliphatic carbocycles. The standard InChI is InChI=1S/C31H37N3O6S/c1-39-27-17-15-25(16-18-27)22-34(29(35)23-33(41(2,37)38)21-24-10-5-3-6-11-24)30(26-12-7-4-8-13-26)31(36)32-20-28-14-9-19-40-28/h3-8,10-13,15-18,28,30H,9,14,19-23H2,1-2H3,(H,32,36)/t28-,30+/m0/s1. The van der Waals surface area contributed by atoms with Crippen molar-refractivity contribution in [2.45, 2.75) is 38.1 Å². The molecule has 0 aromatic heterocycles. The van der Waals surface area contributed by atoms with Gasteiger partial charge in [0.15, 0.2) is 0 Å². The van der Waals surface area contributed by atoms with Crippen LogP contribution in [0.5, 0.6) is 5.75 Å². The molecular weight excluding hydrogens is 542 g/mol. The monoisotopic (exact) mass is 579 g/mol. The van der Waals surface area contributed by atoms with Crippen LogP contribution in [-0.4, -0.2) is 68.6 Å². The molecule has 1 saturated heterocycles. The molecule has 0 radical (unpaired) electrons. The lowest BCUT2D eigenvalue weighted by atomic mass is 10.0. The van der Waals surface area contributed by atoms with E-state index in [-0.39, 0.29) is 25.1 Å². The van der Waals surface area contributed by atoms with E-state index in [0.29, 0.717) is 24.5 Å². The summed E-state index contributed by atoms with van der Waals surface area (Å²) in [6.45, 7) is 0.678. The third-order valence-corrected chi connectivity index (χ3v) is 8.21. The predicted octanol–water partition coefficient (Wildman–Crippen LogP) is 3.52. The Labute approximate surface area is 242 Å². The Kier molecular flexibility index (Phi) is 10.5. The third-order valence-electron chi connectivity index (χ3n) is 7.02. The van der Waals surface area contributed by atoms with Crippen LogP contribution < -0.4 is 10.1 Å². The van der Waals surface area contributed by atoms with Crippen molar-refractivity contribution < 1.29 is 27.5 Å². The van der Waals surface area contributed by atoms with Crippen LogP contribution in [0.1, 0.15) is 35.6 Å². The molecule has 1 aliphatic rings. The second-order valence-electron chi connectivity index (χ2n) is 10.1. The number of hydrogen-bond acceptors (Lipinski definition) is 6. The first-order valence-corrected chi connectivity index (χ1v) is 15.4. The first-order valence-electron chi connectivity index (χ1n) is 13.6. The van der Waals surface area contributed by atoms with Gasteiger partial charge < -0.3 is 19.7 Å². The molecule has 3 aromatic carbocycles. The zero-order chi connectivity index (χ0) is 29.2. The van der Waals surface area contributed by atoms with Crippen LogP contribution in [0.4, 0.5) is 0 Å². The highest BCUT2D eigenvalue weighted by molar-refractivity contribution is 7.88. The molecule has 2 atom stereocenters. The second-order valence-corrected chi connectivity index (χ2v) is 12.1. The van der Waals surface area contributed by atoms with Crippen molar-refractivity contribution >= 4 is 21.8 Å². The molecule has 0 bridgehead atoms. The van der Waals surface area contributed by atoms with Crippen LogP contribution >= 0.6 is 0 Å². The van der Waals surface area contributed by atoms with Gasteiger partial charge in [-0.15, -0.1) is 0 Å². The van der Waals surface area contributed by atoms with Gasteiger partial charge in [-0.25, -0.2) is 8.42 Å². The lowest BCUT2D eigenvalue weighted by Gasteiger charge is -2.33. The number of methoxy groups -OCH3 is 1. The fourth-order valence-corrected chi connectivity index (χ4v) is 5.52.